The Bertz CT molecular complexity index is 788. The second-order valence-electron chi connectivity index (χ2n) is 7.03. The van der Waals surface area contributed by atoms with E-state index in [1.54, 1.807) is 19.1 Å². The van der Waals surface area contributed by atoms with E-state index in [0.29, 0.717) is 28.7 Å². The van der Waals surface area contributed by atoms with E-state index in [2.05, 4.69) is 17.6 Å². The van der Waals surface area contributed by atoms with Crippen molar-refractivity contribution in [2.24, 2.45) is 5.92 Å². The van der Waals surface area contributed by atoms with Crippen LogP contribution in [0.1, 0.15) is 44.7 Å². The van der Waals surface area contributed by atoms with E-state index in [4.69, 9.17) is 14.2 Å². The molecule has 2 amide bonds. The molecule has 0 saturated heterocycles. The molecule has 7 heteroatoms. The summed E-state index contributed by atoms with van der Waals surface area (Å²) in [6.07, 6.45) is 2.94. The summed E-state index contributed by atoms with van der Waals surface area (Å²) in [6.45, 7) is 3.98. The number of fused-ring (bicyclic) bond motifs is 1. The van der Waals surface area contributed by atoms with Crippen LogP contribution >= 0.6 is 0 Å². The van der Waals surface area contributed by atoms with Crippen molar-refractivity contribution in [3.63, 3.8) is 0 Å². The Kier molecular flexibility index (Phi) is 4.22. The molecular weight excluding hydrogens is 336 g/mol. The highest BCUT2D eigenvalue weighted by Gasteiger charge is 2.35. The van der Waals surface area contributed by atoms with Crippen LogP contribution in [-0.2, 0) is 9.53 Å². The first-order valence-electron chi connectivity index (χ1n) is 8.91. The Morgan fingerprint density at radius 1 is 1.23 bits per heavy atom. The van der Waals surface area contributed by atoms with Crippen LogP contribution in [0.25, 0.3) is 0 Å². The minimum atomic E-state index is -0.595. The maximum atomic E-state index is 12.9. The fraction of sp³-hybridized carbons (Fsp3) is 0.474. The highest BCUT2D eigenvalue weighted by Crippen LogP contribution is 2.37. The fourth-order valence-corrected chi connectivity index (χ4v) is 3.79. The van der Waals surface area contributed by atoms with Crippen LogP contribution < -0.4 is 20.1 Å². The first kappa shape index (κ1) is 16.8. The summed E-state index contributed by atoms with van der Waals surface area (Å²) in [5, 5.41) is 5.49. The number of rotatable bonds is 3. The van der Waals surface area contributed by atoms with E-state index in [0.717, 1.165) is 24.8 Å². The molecule has 0 aromatic heterocycles. The second-order valence-corrected chi connectivity index (χ2v) is 7.03. The molecule has 0 spiro atoms. The summed E-state index contributed by atoms with van der Waals surface area (Å²) in [6, 6.07) is 4.45. The zero-order chi connectivity index (χ0) is 18.3. The van der Waals surface area contributed by atoms with E-state index < -0.39 is 12.0 Å². The molecule has 138 valence electrons. The summed E-state index contributed by atoms with van der Waals surface area (Å²) < 4.78 is 16.5. The van der Waals surface area contributed by atoms with Gasteiger partial charge in [-0.1, -0.05) is 13.0 Å². The topological polar surface area (TPSA) is 85.9 Å². The van der Waals surface area contributed by atoms with Crippen molar-refractivity contribution in [1.82, 2.24) is 10.6 Å². The predicted octanol–water partition coefficient (Wildman–Crippen LogP) is 2.78. The number of ether oxygens (including phenoxy) is 3. The molecule has 7 nitrogen and oxygen atoms in total. The number of urea groups is 1. The van der Waals surface area contributed by atoms with Crippen LogP contribution in [-0.4, -0.2) is 24.9 Å². The van der Waals surface area contributed by atoms with Crippen molar-refractivity contribution >= 4 is 12.0 Å². The van der Waals surface area contributed by atoms with Gasteiger partial charge in [0.1, 0.15) is 6.10 Å². The molecule has 26 heavy (non-hydrogen) atoms. The van der Waals surface area contributed by atoms with Gasteiger partial charge >= 0.3 is 12.0 Å². The third kappa shape index (κ3) is 2.98. The van der Waals surface area contributed by atoms with Crippen LogP contribution in [0.4, 0.5) is 4.79 Å². The number of nitrogens with one attached hydrogen (secondary N) is 2. The number of esters is 1. The lowest BCUT2D eigenvalue weighted by atomic mass is 9.95. The largest absolute Gasteiger partial charge is 0.459 e. The number of hydrogen-bond acceptors (Lipinski definition) is 5. The average molecular weight is 358 g/mol. The van der Waals surface area contributed by atoms with Crippen LogP contribution in [0.2, 0.25) is 0 Å². The van der Waals surface area contributed by atoms with Gasteiger partial charge in [-0.05, 0) is 49.8 Å². The summed E-state index contributed by atoms with van der Waals surface area (Å²) in [7, 11) is 0. The Morgan fingerprint density at radius 2 is 2.04 bits per heavy atom. The highest BCUT2D eigenvalue weighted by atomic mass is 16.7. The molecule has 4 rings (SSSR count). The van der Waals surface area contributed by atoms with E-state index >= 15 is 0 Å². The third-order valence-corrected chi connectivity index (χ3v) is 5.26. The minimum Gasteiger partial charge on any atom is -0.459 e. The Hall–Kier alpha value is -2.70. The van der Waals surface area contributed by atoms with Crippen LogP contribution in [0, 0.1) is 5.92 Å². The third-order valence-electron chi connectivity index (χ3n) is 5.26. The molecule has 0 bridgehead atoms. The van der Waals surface area contributed by atoms with Gasteiger partial charge in [-0.2, -0.15) is 0 Å². The molecule has 0 radical (unpaired) electrons. The summed E-state index contributed by atoms with van der Waals surface area (Å²) in [5.74, 6) is 1.22. The van der Waals surface area contributed by atoms with Crippen LogP contribution in [0.15, 0.2) is 29.5 Å². The fourth-order valence-electron chi connectivity index (χ4n) is 3.79. The smallest absolute Gasteiger partial charge is 0.338 e. The number of carbonyl (C=O) groups is 2. The van der Waals surface area contributed by atoms with E-state index in [1.165, 1.54) is 0 Å². The van der Waals surface area contributed by atoms with E-state index in [-0.39, 0.29) is 18.9 Å². The second kappa shape index (κ2) is 6.55. The Labute approximate surface area is 151 Å². The number of amides is 2. The first-order chi connectivity index (χ1) is 12.5. The van der Waals surface area contributed by atoms with Crippen molar-refractivity contribution in [2.45, 2.75) is 45.3 Å². The molecule has 1 aromatic rings. The minimum absolute atomic E-state index is 0.0715. The summed E-state index contributed by atoms with van der Waals surface area (Å²) >= 11 is 0. The molecule has 3 aliphatic rings. The lowest BCUT2D eigenvalue weighted by Gasteiger charge is -2.29. The molecule has 1 aromatic carbocycles. The maximum absolute atomic E-state index is 12.9. The van der Waals surface area contributed by atoms with Gasteiger partial charge in [-0.15, -0.1) is 0 Å². The number of hydrogen-bond donors (Lipinski definition) is 2. The SMILES string of the molecule is CC1=C(C(=O)O[C@@H]2CCC[C@H]2C)[C@H](c2ccc3c(c2)OCO3)NC(=O)N1. The molecule has 1 saturated carbocycles. The van der Waals surface area contributed by atoms with Gasteiger partial charge in [0.05, 0.1) is 11.6 Å². The Balaban J connectivity index is 1.64. The summed E-state index contributed by atoms with van der Waals surface area (Å²) in [5.41, 5.74) is 1.67. The zero-order valence-electron chi connectivity index (χ0n) is 14.8. The van der Waals surface area contributed by atoms with Crippen molar-refractivity contribution in [3.05, 3.63) is 35.0 Å². The van der Waals surface area contributed by atoms with Crippen LogP contribution in [0.5, 0.6) is 11.5 Å². The number of carbonyl (C=O) groups excluding carboxylic acids is 2. The van der Waals surface area contributed by atoms with E-state index in [1.807, 2.05) is 6.07 Å². The molecule has 1 aliphatic carbocycles. The molecule has 3 atom stereocenters. The maximum Gasteiger partial charge on any atom is 0.338 e. The monoisotopic (exact) mass is 358 g/mol. The van der Waals surface area contributed by atoms with Gasteiger partial charge in [0, 0.05) is 5.70 Å². The molecule has 2 N–H and O–H groups in total. The molecule has 2 heterocycles. The van der Waals surface area contributed by atoms with Crippen LogP contribution in [0.3, 0.4) is 0 Å². The first-order valence-corrected chi connectivity index (χ1v) is 8.91. The van der Waals surface area contributed by atoms with Crippen molar-refractivity contribution < 1.29 is 23.8 Å². The van der Waals surface area contributed by atoms with Gasteiger partial charge < -0.3 is 24.8 Å². The van der Waals surface area contributed by atoms with Gasteiger partial charge in [0.2, 0.25) is 6.79 Å². The van der Waals surface area contributed by atoms with Gasteiger partial charge in [-0.3, -0.25) is 0 Å². The number of benzene rings is 1. The van der Waals surface area contributed by atoms with Crippen molar-refractivity contribution in [3.8, 4) is 11.5 Å². The van der Waals surface area contributed by atoms with Gasteiger partial charge in [-0.25, -0.2) is 9.59 Å². The zero-order valence-corrected chi connectivity index (χ0v) is 14.8. The predicted molar refractivity (Wildman–Crippen MR) is 92.6 cm³/mol. The van der Waals surface area contributed by atoms with Crippen molar-refractivity contribution in [2.75, 3.05) is 6.79 Å². The molecular formula is C19H22N2O5. The molecule has 0 unspecified atom stereocenters. The van der Waals surface area contributed by atoms with Gasteiger partial charge in [0.15, 0.2) is 11.5 Å². The molecule has 2 aliphatic heterocycles. The molecule has 1 fully saturated rings. The quantitative estimate of drug-likeness (QED) is 0.812. The normalized spacial score (nSPS) is 27.2. The lowest BCUT2D eigenvalue weighted by Crippen LogP contribution is -2.45. The van der Waals surface area contributed by atoms with Crippen molar-refractivity contribution in [1.29, 1.82) is 0 Å². The average Bonchev–Trinajstić information content (AvgIpc) is 3.22. The Morgan fingerprint density at radius 3 is 2.81 bits per heavy atom. The highest BCUT2D eigenvalue weighted by molar-refractivity contribution is 5.95. The standard InChI is InChI=1S/C19H22N2O5/c1-10-4-3-5-13(10)26-18(22)16-11(2)20-19(23)21-17(16)12-6-7-14-15(8-12)25-9-24-14/h6-8,10,13,17H,3-5,9H2,1-2H3,(H2,20,21,23)/t10-,13-,17+/m1/s1. The van der Waals surface area contributed by atoms with Gasteiger partial charge in [0.25, 0.3) is 0 Å². The number of allylic oxidation sites excluding steroid dienone is 1. The van der Waals surface area contributed by atoms with E-state index in [9.17, 15) is 9.59 Å². The summed E-state index contributed by atoms with van der Waals surface area (Å²) in [4.78, 5) is 24.9. The lowest BCUT2D eigenvalue weighted by molar-refractivity contribution is -0.146.